The van der Waals surface area contributed by atoms with Crippen molar-refractivity contribution in [2.45, 2.75) is 6.36 Å². The number of hydrogen-bond acceptors (Lipinski definition) is 4. The van der Waals surface area contributed by atoms with E-state index in [-0.39, 0.29) is 14.8 Å². The standard InChI is InChI=1S/C7H3F3IN3O/c8-7(9,10)15-6-3(1-12)5(11)4(13)2-14-6/h2H,13H2. The third kappa shape index (κ3) is 2.85. The van der Waals surface area contributed by atoms with Gasteiger partial charge in [0.05, 0.1) is 15.5 Å². The molecule has 1 aromatic heterocycles. The number of nitrogens with two attached hydrogens (primary N) is 1. The van der Waals surface area contributed by atoms with Crippen molar-refractivity contribution in [3.63, 3.8) is 0 Å². The van der Waals surface area contributed by atoms with E-state index in [1.54, 1.807) is 28.7 Å². The SMILES string of the molecule is N#Cc1c(OC(F)(F)F)ncc(N)c1I. The second kappa shape index (κ2) is 4.09. The van der Waals surface area contributed by atoms with Crippen LogP contribution in [0.3, 0.4) is 0 Å². The molecule has 0 amide bonds. The van der Waals surface area contributed by atoms with Crippen molar-refractivity contribution in [3.8, 4) is 11.9 Å². The number of halogens is 4. The van der Waals surface area contributed by atoms with Crippen molar-refractivity contribution in [1.29, 1.82) is 5.26 Å². The maximum Gasteiger partial charge on any atom is 0.574 e. The van der Waals surface area contributed by atoms with E-state index >= 15 is 0 Å². The van der Waals surface area contributed by atoms with Crippen molar-refractivity contribution < 1.29 is 17.9 Å². The summed E-state index contributed by atoms with van der Waals surface area (Å²) in [7, 11) is 0. The van der Waals surface area contributed by atoms with Gasteiger partial charge in [0, 0.05) is 0 Å². The predicted molar refractivity (Wildman–Crippen MR) is 52.8 cm³/mol. The summed E-state index contributed by atoms with van der Waals surface area (Å²) in [6, 6.07) is 1.55. The smallest absolute Gasteiger partial charge is 0.397 e. The molecule has 1 heterocycles. The lowest BCUT2D eigenvalue weighted by atomic mass is 10.3. The normalized spacial score (nSPS) is 10.9. The van der Waals surface area contributed by atoms with E-state index in [1.165, 1.54) is 0 Å². The molecule has 0 spiro atoms. The van der Waals surface area contributed by atoms with Crippen LogP contribution in [0.4, 0.5) is 18.9 Å². The van der Waals surface area contributed by atoms with Crippen LogP contribution in [0.15, 0.2) is 6.20 Å². The summed E-state index contributed by atoms with van der Waals surface area (Å²) < 4.78 is 39.4. The van der Waals surface area contributed by atoms with Gasteiger partial charge < -0.3 is 10.5 Å². The van der Waals surface area contributed by atoms with Crippen LogP contribution in [0.25, 0.3) is 0 Å². The van der Waals surface area contributed by atoms with Crippen molar-refractivity contribution in [1.82, 2.24) is 4.98 Å². The van der Waals surface area contributed by atoms with E-state index in [4.69, 9.17) is 11.0 Å². The van der Waals surface area contributed by atoms with Crippen molar-refractivity contribution in [2.75, 3.05) is 5.73 Å². The Morgan fingerprint density at radius 1 is 1.53 bits per heavy atom. The summed E-state index contributed by atoms with van der Waals surface area (Å²) in [5.41, 5.74) is 5.17. The van der Waals surface area contributed by atoms with Crippen LogP contribution in [-0.4, -0.2) is 11.3 Å². The summed E-state index contributed by atoms with van der Waals surface area (Å²) in [6.45, 7) is 0. The summed E-state index contributed by atoms with van der Waals surface area (Å²) in [5.74, 6) is -0.788. The van der Waals surface area contributed by atoms with E-state index in [0.717, 1.165) is 6.20 Å². The van der Waals surface area contributed by atoms with Gasteiger partial charge in [0.1, 0.15) is 11.6 Å². The molecule has 1 aromatic rings. The van der Waals surface area contributed by atoms with Gasteiger partial charge in [-0.25, -0.2) is 4.98 Å². The van der Waals surface area contributed by atoms with Crippen LogP contribution in [-0.2, 0) is 0 Å². The van der Waals surface area contributed by atoms with Crippen LogP contribution in [0, 0.1) is 14.9 Å². The van der Waals surface area contributed by atoms with E-state index in [9.17, 15) is 13.2 Å². The van der Waals surface area contributed by atoms with E-state index in [1.807, 2.05) is 0 Å². The second-order valence-corrected chi connectivity index (χ2v) is 3.45. The monoisotopic (exact) mass is 329 g/mol. The predicted octanol–water partition coefficient (Wildman–Crippen LogP) is 2.04. The Kier molecular flexibility index (Phi) is 3.23. The molecule has 8 heteroatoms. The summed E-state index contributed by atoms with van der Waals surface area (Å²) in [4.78, 5) is 3.30. The molecule has 0 radical (unpaired) electrons. The van der Waals surface area contributed by atoms with Crippen LogP contribution < -0.4 is 10.5 Å². The molecule has 0 saturated carbocycles. The van der Waals surface area contributed by atoms with Gasteiger partial charge in [-0.3, -0.25) is 0 Å². The molecule has 0 aliphatic carbocycles. The fourth-order valence-corrected chi connectivity index (χ4v) is 1.26. The lowest BCUT2D eigenvalue weighted by Gasteiger charge is -2.10. The van der Waals surface area contributed by atoms with Gasteiger partial charge >= 0.3 is 6.36 Å². The molecule has 80 valence electrons. The minimum absolute atomic E-state index is 0.127. The molecular formula is C7H3F3IN3O. The molecule has 15 heavy (non-hydrogen) atoms. The zero-order valence-corrected chi connectivity index (χ0v) is 9.13. The third-order valence-electron chi connectivity index (χ3n) is 1.33. The van der Waals surface area contributed by atoms with Crippen LogP contribution in [0.5, 0.6) is 5.88 Å². The van der Waals surface area contributed by atoms with E-state index in [0.29, 0.717) is 0 Å². The average Bonchev–Trinajstić information content (AvgIpc) is 2.10. The Bertz CT molecular complexity index is 427. The van der Waals surface area contributed by atoms with Gasteiger partial charge in [0.25, 0.3) is 0 Å². The fraction of sp³-hybridized carbons (Fsp3) is 0.143. The van der Waals surface area contributed by atoms with Gasteiger partial charge in [-0.15, -0.1) is 13.2 Å². The minimum atomic E-state index is -4.88. The topological polar surface area (TPSA) is 71.9 Å². The molecule has 0 atom stereocenters. The lowest BCUT2D eigenvalue weighted by molar-refractivity contribution is -0.276. The quantitative estimate of drug-likeness (QED) is 0.801. The molecule has 0 fully saturated rings. The summed E-state index contributed by atoms with van der Waals surface area (Å²) in [5, 5.41) is 8.62. The molecule has 0 aliphatic rings. The number of aromatic nitrogens is 1. The summed E-state index contributed by atoms with van der Waals surface area (Å²) in [6.07, 6.45) is -3.87. The number of nitriles is 1. The number of rotatable bonds is 1. The lowest BCUT2D eigenvalue weighted by Crippen LogP contribution is -2.19. The number of anilines is 1. The molecule has 0 saturated heterocycles. The highest BCUT2D eigenvalue weighted by Gasteiger charge is 2.33. The zero-order valence-electron chi connectivity index (χ0n) is 6.97. The molecule has 0 bridgehead atoms. The first-order valence-electron chi connectivity index (χ1n) is 3.45. The highest BCUT2D eigenvalue weighted by atomic mass is 127. The summed E-state index contributed by atoms with van der Waals surface area (Å²) >= 11 is 1.65. The Labute approximate surface area is 96.0 Å². The number of pyridine rings is 1. The minimum Gasteiger partial charge on any atom is -0.397 e. The highest BCUT2D eigenvalue weighted by Crippen LogP contribution is 2.29. The van der Waals surface area contributed by atoms with Gasteiger partial charge in [0.15, 0.2) is 0 Å². The number of nitrogen functional groups attached to an aromatic ring is 1. The molecule has 4 nitrogen and oxygen atoms in total. The number of ether oxygens (including phenoxy) is 1. The molecular weight excluding hydrogens is 326 g/mol. The van der Waals surface area contributed by atoms with Gasteiger partial charge in [-0.05, 0) is 22.6 Å². The Hall–Kier alpha value is -1.24. The molecule has 0 unspecified atom stereocenters. The first-order valence-corrected chi connectivity index (χ1v) is 4.53. The molecule has 0 aliphatic heterocycles. The molecule has 0 aromatic carbocycles. The Morgan fingerprint density at radius 2 is 2.13 bits per heavy atom. The fourth-order valence-electron chi connectivity index (χ4n) is 0.772. The average molecular weight is 329 g/mol. The Morgan fingerprint density at radius 3 is 2.60 bits per heavy atom. The number of nitrogens with zero attached hydrogens (tertiary/aromatic N) is 2. The van der Waals surface area contributed by atoms with E-state index in [2.05, 4.69) is 9.72 Å². The highest BCUT2D eigenvalue weighted by molar-refractivity contribution is 14.1. The zero-order chi connectivity index (χ0) is 11.6. The van der Waals surface area contributed by atoms with E-state index < -0.39 is 12.2 Å². The maximum atomic E-state index is 11.9. The van der Waals surface area contributed by atoms with Gasteiger partial charge in [0.2, 0.25) is 5.88 Å². The second-order valence-electron chi connectivity index (χ2n) is 2.37. The molecule has 2 N–H and O–H groups in total. The van der Waals surface area contributed by atoms with Crippen LogP contribution in [0.1, 0.15) is 5.56 Å². The van der Waals surface area contributed by atoms with Crippen LogP contribution >= 0.6 is 22.6 Å². The first kappa shape index (κ1) is 11.8. The maximum absolute atomic E-state index is 11.9. The largest absolute Gasteiger partial charge is 0.574 e. The van der Waals surface area contributed by atoms with Gasteiger partial charge in [-0.1, -0.05) is 0 Å². The van der Waals surface area contributed by atoms with Crippen molar-refractivity contribution in [3.05, 3.63) is 15.3 Å². The van der Waals surface area contributed by atoms with Gasteiger partial charge in [-0.2, -0.15) is 5.26 Å². The van der Waals surface area contributed by atoms with Crippen molar-refractivity contribution in [2.24, 2.45) is 0 Å². The Balaban J connectivity index is 3.21. The number of alkyl halides is 3. The number of hydrogen-bond donors (Lipinski definition) is 1. The third-order valence-corrected chi connectivity index (χ3v) is 2.49. The van der Waals surface area contributed by atoms with Crippen LogP contribution in [0.2, 0.25) is 0 Å². The van der Waals surface area contributed by atoms with Crippen molar-refractivity contribution >= 4 is 28.3 Å². The first-order chi connectivity index (χ1) is 6.85. The molecule has 1 rings (SSSR count).